The molecule has 1 aliphatic carbocycles. The Bertz CT molecular complexity index is 185. The lowest BCUT2D eigenvalue weighted by atomic mass is 9.86. The van der Waals surface area contributed by atoms with Crippen LogP contribution in [-0.4, -0.2) is 18.4 Å². The van der Waals surface area contributed by atoms with Crippen molar-refractivity contribution < 1.29 is 4.79 Å². The van der Waals surface area contributed by atoms with Crippen LogP contribution in [0.5, 0.6) is 0 Å². The predicted octanol–water partition coefficient (Wildman–Crippen LogP) is 2.91. The topological polar surface area (TPSA) is 29.1 Å². The van der Waals surface area contributed by atoms with E-state index in [1.165, 1.54) is 32.1 Å². The molecule has 0 heterocycles. The lowest BCUT2D eigenvalue weighted by Crippen LogP contribution is -2.31. The molecular formula is C13H25NO. The number of hydrogen-bond donors (Lipinski definition) is 1. The van der Waals surface area contributed by atoms with Crippen LogP contribution in [0.15, 0.2) is 0 Å². The first-order chi connectivity index (χ1) is 7.22. The van der Waals surface area contributed by atoms with Crippen LogP contribution in [0.1, 0.15) is 58.8 Å². The number of rotatable bonds is 6. The molecule has 0 bridgehead atoms. The van der Waals surface area contributed by atoms with Crippen LogP contribution in [-0.2, 0) is 4.79 Å². The quantitative estimate of drug-likeness (QED) is 0.732. The molecule has 88 valence electrons. The molecule has 15 heavy (non-hydrogen) atoms. The molecule has 1 saturated carbocycles. The van der Waals surface area contributed by atoms with Gasteiger partial charge < -0.3 is 5.32 Å². The van der Waals surface area contributed by atoms with Crippen molar-refractivity contribution in [1.29, 1.82) is 0 Å². The molecule has 2 nitrogen and oxygen atoms in total. The van der Waals surface area contributed by atoms with E-state index in [-0.39, 0.29) is 0 Å². The van der Waals surface area contributed by atoms with Crippen LogP contribution in [0.25, 0.3) is 0 Å². The fraction of sp³-hybridized carbons (Fsp3) is 0.923. The summed E-state index contributed by atoms with van der Waals surface area (Å²) in [6.45, 7) is 4.85. The molecule has 1 N–H and O–H groups in total. The molecule has 1 unspecified atom stereocenters. The number of ketones is 1. The predicted molar refractivity (Wildman–Crippen MR) is 64.0 cm³/mol. The second kappa shape index (κ2) is 7.00. The zero-order valence-corrected chi connectivity index (χ0v) is 10.2. The Kier molecular flexibility index (Phi) is 5.92. The third-order valence-electron chi connectivity index (χ3n) is 3.50. The standard InChI is InChI=1S/C13H25NO/c1-3-11(2)14-10-13(15)9-12-7-5-4-6-8-12/h11-12,14H,3-10H2,1-2H3. The Morgan fingerprint density at radius 3 is 2.60 bits per heavy atom. The van der Waals surface area contributed by atoms with Crippen molar-refractivity contribution in [3.63, 3.8) is 0 Å². The number of Topliss-reactive ketones (excluding diaryl/α,β-unsaturated/α-hetero) is 1. The summed E-state index contributed by atoms with van der Waals surface area (Å²) in [7, 11) is 0. The zero-order chi connectivity index (χ0) is 11.1. The molecule has 1 aliphatic rings. The molecule has 0 aromatic heterocycles. The van der Waals surface area contributed by atoms with Crippen molar-refractivity contribution in [1.82, 2.24) is 5.32 Å². The molecule has 1 fully saturated rings. The fourth-order valence-corrected chi connectivity index (χ4v) is 2.22. The average Bonchev–Trinajstić information content (AvgIpc) is 2.27. The minimum absolute atomic E-state index is 0.405. The first-order valence-electron chi connectivity index (χ1n) is 6.47. The van der Waals surface area contributed by atoms with Gasteiger partial charge in [-0.25, -0.2) is 0 Å². The van der Waals surface area contributed by atoms with E-state index in [4.69, 9.17) is 0 Å². The van der Waals surface area contributed by atoms with Crippen LogP contribution >= 0.6 is 0 Å². The zero-order valence-electron chi connectivity index (χ0n) is 10.2. The molecule has 0 amide bonds. The fourth-order valence-electron chi connectivity index (χ4n) is 2.22. The van der Waals surface area contributed by atoms with Crippen molar-refractivity contribution in [2.45, 2.75) is 64.8 Å². The molecule has 0 radical (unpaired) electrons. The van der Waals surface area contributed by atoms with Gasteiger partial charge >= 0.3 is 0 Å². The molecule has 0 aromatic rings. The summed E-state index contributed by atoms with van der Waals surface area (Å²) < 4.78 is 0. The van der Waals surface area contributed by atoms with Gasteiger partial charge in [-0.2, -0.15) is 0 Å². The third-order valence-corrected chi connectivity index (χ3v) is 3.50. The van der Waals surface area contributed by atoms with Gasteiger partial charge in [0.15, 0.2) is 0 Å². The van der Waals surface area contributed by atoms with Crippen LogP contribution in [0.2, 0.25) is 0 Å². The summed E-state index contributed by atoms with van der Waals surface area (Å²) in [6, 6.07) is 0.473. The number of carbonyl (C=O) groups excluding carboxylic acids is 1. The molecule has 1 atom stereocenters. The molecule has 0 spiro atoms. The Balaban J connectivity index is 2.11. The van der Waals surface area contributed by atoms with Crippen LogP contribution in [0.4, 0.5) is 0 Å². The highest BCUT2D eigenvalue weighted by atomic mass is 16.1. The van der Waals surface area contributed by atoms with E-state index < -0.39 is 0 Å². The van der Waals surface area contributed by atoms with Gasteiger partial charge in [-0.05, 0) is 19.3 Å². The van der Waals surface area contributed by atoms with Gasteiger partial charge in [0.05, 0.1) is 6.54 Å². The molecule has 0 aromatic carbocycles. The van der Waals surface area contributed by atoms with E-state index in [1.54, 1.807) is 0 Å². The summed E-state index contributed by atoms with van der Waals surface area (Å²) in [5, 5.41) is 3.27. The van der Waals surface area contributed by atoms with Crippen LogP contribution in [0, 0.1) is 5.92 Å². The Morgan fingerprint density at radius 2 is 2.00 bits per heavy atom. The van der Waals surface area contributed by atoms with Gasteiger partial charge in [0, 0.05) is 12.5 Å². The second-order valence-corrected chi connectivity index (χ2v) is 4.94. The van der Waals surface area contributed by atoms with Crippen molar-refractivity contribution in [3.8, 4) is 0 Å². The average molecular weight is 211 g/mol. The van der Waals surface area contributed by atoms with Crippen molar-refractivity contribution in [3.05, 3.63) is 0 Å². The minimum atomic E-state index is 0.405. The van der Waals surface area contributed by atoms with E-state index in [0.717, 1.165) is 12.8 Å². The highest BCUT2D eigenvalue weighted by Gasteiger charge is 2.16. The Hall–Kier alpha value is -0.370. The van der Waals surface area contributed by atoms with Crippen LogP contribution in [0.3, 0.4) is 0 Å². The third kappa shape index (κ3) is 5.31. The smallest absolute Gasteiger partial charge is 0.146 e. The monoisotopic (exact) mass is 211 g/mol. The van der Waals surface area contributed by atoms with E-state index in [0.29, 0.717) is 24.3 Å². The maximum Gasteiger partial charge on any atom is 0.146 e. The lowest BCUT2D eigenvalue weighted by molar-refractivity contribution is -0.119. The summed E-state index contributed by atoms with van der Waals surface area (Å²) in [5.74, 6) is 1.09. The number of carbonyl (C=O) groups is 1. The van der Waals surface area contributed by atoms with Gasteiger partial charge in [0.2, 0.25) is 0 Å². The van der Waals surface area contributed by atoms with Crippen LogP contribution < -0.4 is 5.32 Å². The summed E-state index contributed by atoms with van der Waals surface area (Å²) in [4.78, 5) is 11.7. The first-order valence-corrected chi connectivity index (χ1v) is 6.47. The maximum absolute atomic E-state index is 11.7. The Morgan fingerprint density at radius 1 is 1.33 bits per heavy atom. The highest BCUT2D eigenvalue weighted by molar-refractivity contribution is 5.80. The van der Waals surface area contributed by atoms with Gasteiger partial charge in [-0.3, -0.25) is 4.79 Å². The number of hydrogen-bond acceptors (Lipinski definition) is 2. The van der Waals surface area contributed by atoms with E-state index in [1.807, 2.05) is 0 Å². The van der Waals surface area contributed by atoms with E-state index in [2.05, 4.69) is 19.2 Å². The summed E-state index contributed by atoms with van der Waals surface area (Å²) in [5.41, 5.74) is 0. The van der Waals surface area contributed by atoms with Gasteiger partial charge in [0.1, 0.15) is 5.78 Å². The summed E-state index contributed by atoms with van der Waals surface area (Å²) >= 11 is 0. The van der Waals surface area contributed by atoms with Gasteiger partial charge in [0.25, 0.3) is 0 Å². The molecule has 0 saturated heterocycles. The summed E-state index contributed by atoms with van der Waals surface area (Å²) in [6.07, 6.45) is 8.48. The molecule has 2 heteroatoms. The lowest BCUT2D eigenvalue weighted by Gasteiger charge is -2.21. The van der Waals surface area contributed by atoms with Gasteiger partial charge in [-0.15, -0.1) is 0 Å². The second-order valence-electron chi connectivity index (χ2n) is 4.94. The van der Waals surface area contributed by atoms with Gasteiger partial charge in [-0.1, -0.05) is 39.0 Å². The maximum atomic E-state index is 11.7. The number of nitrogens with one attached hydrogen (secondary N) is 1. The van der Waals surface area contributed by atoms with Crippen molar-refractivity contribution in [2.24, 2.45) is 5.92 Å². The molecule has 0 aliphatic heterocycles. The van der Waals surface area contributed by atoms with Crippen molar-refractivity contribution >= 4 is 5.78 Å². The normalized spacial score (nSPS) is 20.1. The molecular weight excluding hydrogens is 186 g/mol. The Labute approximate surface area is 93.8 Å². The minimum Gasteiger partial charge on any atom is -0.308 e. The highest BCUT2D eigenvalue weighted by Crippen LogP contribution is 2.26. The van der Waals surface area contributed by atoms with Crippen molar-refractivity contribution in [2.75, 3.05) is 6.54 Å². The van der Waals surface area contributed by atoms with E-state index in [9.17, 15) is 4.79 Å². The first kappa shape index (κ1) is 12.7. The van der Waals surface area contributed by atoms with E-state index >= 15 is 0 Å². The SMILES string of the molecule is CCC(C)NCC(=O)CC1CCCCC1. The molecule has 1 rings (SSSR count). The largest absolute Gasteiger partial charge is 0.308 e.